The Kier molecular flexibility index (Phi) is 5.60. The van der Waals surface area contributed by atoms with Crippen LogP contribution in [-0.2, 0) is 10.2 Å². The zero-order valence-corrected chi connectivity index (χ0v) is 14.9. The molecule has 3 heteroatoms. The number of nitrogens with one attached hydrogen (secondary N) is 1. The van der Waals surface area contributed by atoms with Crippen LogP contribution in [0.2, 0.25) is 0 Å². The molecule has 24 heavy (non-hydrogen) atoms. The van der Waals surface area contributed by atoms with E-state index in [2.05, 4.69) is 36.5 Å². The summed E-state index contributed by atoms with van der Waals surface area (Å²) in [5.74, 6) is -0.736. The molecular weight excluding hydrogens is 298 g/mol. The van der Waals surface area contributed by atoms with Crippen LogP contribution in [0.5, 0.6) is 0 Å². The largest absolute Gasteiger partial charge is 0.481 e. The fourth-order valence-electron chi connectivity index (χ4n) is 4.82. The smallest absolute Gasteiger partial charge is 0.306 e. The normalized spacial score (nSPS) is 26.9. The third-order valence-electron chi connectivity index (χ3n) is 6.33. The summed E-state index contributed by atoms with van der Waals surface area (Å²) in [6.07, 6.45) is 10.2. The van der Waals surface area contributed by atoms with Gasteiger partial charge >= 0.3 is 5.97 Å². The predicted octanol–water partition coefficient (Wildman–Crippen LogP) is 4.43. The number of hydrogen-bond acceptors (Lipinski definition) is 2. The van der Waals surface area contributed by atoms with Gasteiger partial charge in [0.1, 0.15) is 0 Å². The van der Waals surface area contributed by atoms with Crippen molar-refractivity contribution in [1.29, 1.82) is 0 Å². The zero-order valence-electron chi connectivity index (χ0n) is 14.9. The first-order valence-electron chi connectivity index (χ1n) is 9.63. The van der Waals surface area contributed by atoms with Crippen LogP contribution in [0.4, 0.5) is 0 Å². The lowest BCUT2D eigenvalue weighted by Crippen LogP contribution is -2.45. The number of aryl methyl sites for hydroxylation is 1. The fraction of sp³-hybridized carbons (Fsp3) is 0.667. The van der Waals surface area contributed by atoms with Gasteiger partial charge in [-0.15, -0.1) is 0 Å². The Morgan fingerprint density at radius 1 is 1.12 bits per heavy atom. The lowest BCUT2D eigenvalue weighted by Gasteiger charge is -2.41. The number of aliphatic carboxylic acids is 1. The zero-order chi connectivity index (χ0) is 17.0. The van der Waals surface area contributed by atoms with E-state index in [9.17, 15) is 4.79 Å². The minimum atomic E-state index is -0.614. The summed E-state index contributed by atoms with van der Waals surface area (Å²) >= 11 is 0. The molecule has 2 aliphatic carbocycles. The standard InChI is InChI=1S/C21H31NO2/c1-16-7-3-4-8-19(16)21(13-5-2-6-14-21)15-22-18-11-9-17(10-12-18)20(23)24/h3-4,7-8,17-18,22H,2,5-6,9-15H2,1H3,(H,23,24). The summed E-state index contributed by atoms with van der Waals surface area (Å²) in [6.45, 7) is 3.28. The van der Waals surface area contributed by atoms with Crippen molar-refractivity contribution >= 4 is 5.97 Å². The minimum absolute atomic E-state index is 0.122. The van der Waals surface area contributed by atoms with E-state index in [4.69, 9.17) is 5.11 Å². The van der Waals surface area contributed by atoms with Crippen molar-refractivity contribution in [1.82, 2.24) is 5.32 Å². The molecule has 3 rings (SSSR count). The summed E-state index contributed by atoms with van der Waals surface area (Å²) in [5, 5.41) is 13.0. The SMILES string of the molecule is Cc1ccccc1C1(CNC2CCC(C(=O)O)CC2)CCCCC1. The Hall–Kier alpha value is -1.35. The highest BCUT2D eigenvalue weighted by Crippen LogP contribution is 2.40. The van der Waals surface area contributed by atoms with E-state index >= 15 is 0 Å². The molecule has 1 aromatic rings. The Balaban J connectivity index is 1.66. The molecule has 2 fully saturated rings. The molecule has 0 atom stereocenters. The number of benzene rings is 1. The first kappa shape index (κ1) is 17.5. The monoisotopic (exact) mass is 329 g/mol. The fourth-order valence-corrected chi connectivity index (χ4v) is 4.82. The maximum atomic E-state index is 11.1. The van der Waals surface area contributed by atoms with Gasteiger partial charge in [-0.1, -0.05) is 43.5 Å². The van der Waals surface area contributed by atoms with Crippen molar-refractivity contribution in [3.63, 3.8) is 0 Å². The van der Waals surface area contributed by atoms with Gasteiger partial charge in [0.05, 0.1) is 5.92 Å². The van der Waals surface area contributed by atoms with Gasteiger partial charge in [0.15, 0.2) is 0 Å². The molecule has 0 saturated heterocycles. The number of rotatable bonds is 5. The number of carbonyl (C=O) groups is 1. The third-order valence-corrected chi connectivity index (χ3v) is 6.33. The predicted molar refractivity (Wildman–Crippen MR) is 97.3 cm³/mol. The Labute approximate surface area is 145 Å². The molecule has 0 amide bonds. The van der Waals surface area contributed by atoms with E-state index in [1.807, 2.05) is 0 Å². The number of carboxylic acid groups (broad SMARTS) is 1. The third kappa shape index (κ3) is 3.83. The lowest BCUT2D eigenvalue weighted by molar-refractivity contribution is -0.142. The number of carboxylic acids is 1. The molecule has 0 spiro atoms. The molecule has 2 aliphatic rings. The van der Waals surface area contributed by atoms with Gasteiger partial charge in [-0.3, -0.25) is 4.79 Å². The summed E-state index contributed by atoms with van der Waals surface area (Å²) in [6, 6.07) is 9.36. The second-order valence-electron chi connectivity index (χ2n) is 7.92. The molecule has 0 aliphatic heterocycles. The van der Waals surface area contributed by atoms with Crippen LogP contribution in [0.15, 0.2) is 24.3 Å². The molecule has 0 aromatic heterocycles. The molecule has 1 aromatic carbocycles. The van der Waals surface area contributed by atoms with Gasteiger partial charge in [0, 0.05) is 18.0 Å². The van der Waals surface area contributed by atoms with Crippen LogP contribution in [-0.4, -0.2) is 23.7 Å². The second-order valence-corrected chi connectivity index (χ2v) is 7.92. The molecule has 0 bridgehead atoms. The van der Waals surface area contributed by atoms with Crippen LogP contribution in [0, 0.1) is 12.8 Å². The van der Waals surface area contributed by atoms with E-state index in [0.717, 1.165) is 32.2 Å². The lowest BCUT2D eigenvalue weighted by atomic mass is 9.68. The van der Waals surface area contributed by atoms with Crippen LogP contribution in [0.3, 0.4) is 0 Å². The second kappa shape index (κ2) is 7.69. The van der Waals surface area contributed by atoms with Crippen molar-refractivity contribution < 1.29 is 9.90 Å². The van der Waals surface area contributed by atoms with Crippen molar-refractivity contribution in [2.75, 3.05) is 6.54 Å². The van der Waals surface area contributed by atoms with Crippen LogP contribution < -0.4 is 5.32 Å². The summed E-state index contributed by atoms with van der Waals surface area (Å²) < 4.78 is 0. The van der Waals surface area contributed by atoms with Crippen LogP contribution >= 0.6 is 0 Å². The van der Waals surface area contributed by atoms with Gasteiger partial charge in [-0.2, -0.15) is 0 Å². The summed E-state index contributed by atoms with van der Waals surface area (Å²) in [5.41, 5.74) is 3.21. The van der Waals surface area contributed by atoms with E-state index < -0.39 is 5.97 Å². The molecule has 3 nitrogen and oxygen atoms in total. The Morgan fingerprint density at radius 2 is 1.79 bits per heavy atom. The molecule has 2 saturated carbocycles. The average Bonchev–Trinajstić information content (AvgIpc) is 2.61. The summed E-state index contributed by atoms with van der Waals surface area (Å²) in [7, 11) is 0. The van der Waals surface area contributed by atoms with E-state index in [1.54, 1.807) is 0 Å². The molecule has 0 heterocycles. The van der Waals surface area contributed by atoms with Gasteiger partial charge in [0.25, 0.3) is 0 Å². The summed E-state index contributed by atoms with van der Waals surface area (Å²) in [4.78, 5) is 11.1. The molecule has 2 N–H and O–H groups in total. The first-order valence-corrected chi connectivity index (χ1v) is 9.63. The molecule has 0 radical (unpaired) electrons. The highest BCUT2D eigenvalue weighted by molar-refractivity contribution is 5.70. The van der Waals surface area contributed by atoms with Gasteiger partial charge < -0.3 is 10.4 Å². The van der Waals surface area contributed by atoms with Crippen LogP contribution in [0.25, 0.3) is 0 Å². The average molecular weight is 329 g/mol. The number of hydrogen-bond donors (Lipinski definition) is 2. The van der Waals surface area contributed by atoms with Crippen molar-refractivity contribution in [2.24, 2.45) is 5.92 Å². The Morgan fingerprint density at radius 3 is 2.42 bits per heavy atom. The van der Waals surface area contributed by atoms with E-state index in [-0.39, 0.29) is 11.3 Å². The minimum Gasteiger partial charge on any atom is -0.481 e. The van der Waals surface area contributed by atoms with Gasteiger partial charge in [0.2, 0.25) is 0 Å². The van der Waals surface area contributed by atoms with Crippen LogP contribution in [0.1, 0.15) is 68.9 Å². The van der Waals surface area contributed by atoms with Crippen molar-refractivity contribution in [3.05, 3.63) is 35.4 Å². The maximum absolute atomic E-state index is 11.1. The quantitative estimate of drug-likeness (QED) is 0.840. The van der Waals surface area contributed by atoms with E-state index in [1.165, 1.54) is 43.2 Å². The van der Waals surface area contributed by atoms with Crippen molar-refractivity contribution in [3.8, 4) is 0 Å². The first-order chi connectivity index (χ1) is 11.6. The highest BCUT2D eigenvalue weighted by Gasteiger charge is 2.36. The molecule has 132 valence electrons. The van der Waals surface area contributed by atoms with Crippen molar-refractivity contribution in [2.45, 2.75) is 76.2 Å². The van der Waals surface area contributed by atoms with Gasteiger partial charge in [-0.25, -0.2) is 0 Å². The molecular formula is C21H31NO2. The highest BCUT2D eigenvalue weighted by atomic mass is 16.4. The van der Waals surface area contributed by atoms with Gasteiger partial charge in [-0.05, 0) is 56.6 Å². The topological polar surface area (TPSA) is 49.3 Å². The van der Waals surface area contributed by atoms with E-state index in [0.29, 0.717) is 6.04 Å². The maximum Gasteiger partial charge on any atom is 0.306 e. The molecule has 0 unspecified atom stereocenters. The Bertz CT molecular complexity index is 555.